The molecule has 0 amide bonds. The van der Waals surface area contributed by atoms with Gasteiger partial charge in [-0.1, -0.05) is 13.0 Å². The normalized spacial score (nSPS) is 10.1. The molecule has 0 unspecified atom stereocenters. The summed E-state index contributed by atoms with van der Waals surface area (Å²) in [5.74, 6) is 0.730. The lowest BCUT2D eigenvalue weighted by atomic mass is 10.1. The highest BCUT2D eigenvalue weighted by molar-refractivity contribution is 5.87. The Morgan fingerprint density at radius 3 is 2.81 bits per heavy atom. The number of fused-ring (bicyclic) bond motifs is 1. The quantitative estimate of drug-likeness (QED) is 0.830. The van der Waals surface area contributed by atoms with Crippen molar-refractivity contribution in [3.63, 3.8) is 0 Å². The number of pyridine rings is 1. The van der Waals surface area contributed by atoms with Crippen molar-refractivity contribution in [2.75, 3.05) is 12.4 Å². The molecule has 1 N–H and O–H groups in total. The second-order valence-corrected chi connectivity index (χ2v) is 3.62. The molecule has 16 heavy (non-hydrogen) atoms. The molecule has 0 aliphatic rings. The van der Waals surface area contributed by atoms with Crippen LogP contribution in [-0.2, 0) is 6.42 Å². The monoisotopic (exact) mass is 211 g/mol. The first kappa shape index (κ1) is 10.4. The van der Waals surface area contributed by atoms with Crippen molar-refractivity contribution < 1.29 is 0 Å². The summed E-state index contributed by atoms with van der Waals surface area (Å²) < 4.78 is 0. The molecule has 0 aliphatic carbocycles. The van der Waals surface area contributed by atoms with Crippen LogP contribution < -0.4 is 5.32 Å². The molecule has 2 aromatic rings. The Bertz CT molecular complexity index is 567. The van der Waals surface area contributed by atoms with Gasteiger partial charge in [0.15, 0.2) is 0 Å². The first-order valence-electron chi connectivity index (χ1n) is 5.30. The molecule has 0 aliphatic heterocycles. The van der Waals surface area contributed by atoms with Crippen LogP contribution in [0.15, 0.2) is 24.3 Å². The maximum absolute atomic E-state index is 9.11. The van der Waals surface area contributed by atoms with Crippen molar-refractivity contribution in [3.8, 4) is 6.07 Å². The largest absolute Gasteiger partial charge is 0.373 e. The van der Waals surface area contributed by atoms with E-state index in [0.29, 0.717) is 5.56 Å². The molecule has 0 saturated heterocycles. The zero-order valence-electron chi connectivity index (χ0n) is 9.41. The lowest BCUT2D eigenvalue weighted by Crippen LogP contribution is -1.95. The third-order valence-electron chi connectivity index (χ3n) is 2.66. The van der Waals surface area contributed by atoms with E-state index in [1.807, 2.05) is 12.1 Å². The highest BCUT2D eigenvalue weighted by atomic mass is 15.0. The average molecular weight is 211 g/mol. The number of hydrogen-bond donors (Lipinski definition) is 1. The van der Waals surface area contributed by atoms with Crippen LogP contribution in [0.2, 0.25) is 0 Å². The van der Waals surface area contributed by atoms with Crippen molar-refractivity contribution in [2.24, 2.45) is 0 Å². The maximum atomic E-state index is 9.11. The van der Waals surface area contributed by atoms with Crippen LogP contribution in [0, 0.1) is 11.3 Å². The van der Waals surface area contributed by atoms with Crippen LogP contribution >= 0.6 is 0 Å². The number of hydrogen-bond acceptors (Lipinski definition) is 3. The zero-order valence-corrected chi connectivity index (χ0v) is 9.41. The van der Waals surface area contributed by atoms with Crippen LogP contribution in [0.3, 0.4) is 0 Å². The number of rotatable bonds is 2. The molecular weight excluding hydrogens is 198 g/mol. The second-order valence-electron chi connectivity index (χ2n) is 3.62. The molecule has 1 heterocycles. The average Bonchev–Trinajstić information content (AvgIpc) is 2.36. The number of nitrogens with one attached hydrogen (secondary N) is 1. The standard InChI is InChI=1S/C13H13N3/c1-3-9-4-5-12-11(6-9)10(8-14)7-13(15-2)16-12/h4-7H,3H2,1-2H3,(H,15,16). The molecule has 3 heteroatoms. The molecule has 0 spiro atoms. The van der Waals surface area contributed by atoms with Crippen molar-refractivity contribution in [3.05, 3.63) is 35.4 Å². The summed E-state index contributed by atoms with van der Waals surface area (Å²) >= 11 is 0. The first-order chi connectivity index (χ1) is 7.78. The van der Waals surface area contributed by atoms with Gasteiger partial charge in [0.2, 0.25) is 0 Å². The van der Waals surface area contributed by atoms with Gasteiger partial charge in [0, 0.05) is 12.4 Å². The molecule has 0 saturated carbocycles. The van der Waals surface area contributed by atoms with E-state index < -0.39 is 0 Å². The third kappa shape index (κ3) is 1.70. The molecule has 80 valence electrons. The maximum Gasteiger partial charge on any atom is 0.127 e. The van der Waals surface area contributed by atoms with Gasteiger partial charge < -0.3 is 5.32 Å². The number of aryl methyl sites for hydroxylation is 1. The van der Waals surface area contributed by atoms with Crippen LogP contribution in [0.5, 0.6) is 0 Å². The van der Waals surface area contributed by atoms with E-state index in [9.17, 15) is 0 Å². The number of nitriles is 1. The van der Waals surface area contributed by atoms with E-state index in [1.165, 1.54) is 5.56 Å². The van der Waals surface area contributed by atoms with Crippen LogP contribution in [0.1, 0.15) is 18.1 Å². The molecule has 1 aromatic carbocycles. The first-order valence-corrected chi connectivity index (χ1v) is 5.30. The predicted octanol–water partition coefficient (Wildman–Crippen LogP) is 2.71. The molecule has 3 nitrogen and oxygen atoms in total. The molecule has 0 fully saturated rings. The number of anilines is 1. The minimum absolute atomic E-state index is 0.671. The van der Waals surface area contributed by atoms with Gasteiger partial charge in [-0.05, 0) is 30.2 Å². The molecule has 0 atom stereocenters. The van der Waals surface area contributed by atoms with E-state index in [4.69, 9.17) is 5.26 Å². The summed E-state index contributed by atoms with van der Waals surface area (Å²) in [5.41, 5.74) is 2.76. The molecule has 0 radical (unpaired) electrons. The van der Waals surface area contributed by atoms with E-state index >= 15 is 0 Å². The SMILES string of the molecule is CCc1ccc2nc(NC)cc(C#N)c2c1. The Kier molecular flexibility index (Phi) is 2.74. The van der Waals surface area contributed by atoms with E-state index in [1.54, 1.807) is 13.1 Å². The lowest BCUT2D eigenvalue weighted by Gasteiger charge is -2.05. The van der Waals surface area contributed by atoms with Gasteiger partial charge in [-0.3, -0.25) is 0 Å². The van der Waals surface area contributed by atoms with E-state index in [0.717, 1.165) is 23.1 Å². The summed E-state index contributed by atoms with van der Waals surface area (Å²) in [6.45, 7) is 2.10. The van der Waals surface area contributed by atoms with Gasteiger partial charge >= 0.3 is 0 Å². The Balaban J connectivity index is 2.75. The summed E-state index contributed by atoms with van der Waals surface area (Å²) in [5, 5.41) is 13.0. The fourth-order valence-electron chi connectivity index (χ4n) is 1.71. The fraction of sp³-hybridized carbons (Fsp3) is 0.231. The van der Waals surface area contributed by atoms with Crippen molar-refractivity contribution >= 4 is 16.7 Å². The second kappa shape index (κ2) is 4.19. The molecule has 0 bridgehead atoms. The minimum atomic E-state index is 0.671. The van der Waals surface area contributed by atoms with Crippen molar-refractivity contribution in [2.45, 2.75) is 13.3 Å². The smallest absolute Gasteiger partial charge is 0.127 e. The fourth-order valence-corrected chi connectivity index (χ4v) is 1.71. The van der Waals surface area contributed by atoms with Crippen molar-refractivity contribution in [1.29, 1.82) is 5.26 Å². The van der Waals surface area contributed by atoms with Crippen LogP contribution in [-0.4, -0.2) is 12.0 Å². The third-order valence-corrected chi connectivity index (χ3v) is 2.66. The van der Waals surface area contributed by atoms with Crippen LogP contribution in [0.4, 0.5) is 5.82 Å². The Morgan fingerprint density at radius 1 is 1.38 bits per heavy atom. The van der Waals surface area contributed by atoms with E-state index in [2.05, 4.69) is 29.4 Å². The Hall–Kier alpha value is -2.08. The highest BCUT2D eigenvalue weighted by Gasteiger charge is 2.05. The van der Waals surface area contributed by atoms with Crippen LogP contribution in [0.25, 0.3) is 10.9 Å². The predicted molar refractivity (Wildman–Crippen MR) is 65.4 cm³/mol. The lowest BCUT2D eigenvalue weighted by molar-refractivity contribution is 1.14. The summed E-state index contributed by atoms with van der Waals surface area (Å²) in [4.78, 5) is 4.42. The summed E-state index contributed by atoms with van der Waals surface area (Å²) in [7, 11) is 1.80. The Morgan fingerprint density at radius 2 is 2.19 bits per heavy atom. The van der Waals surface area contributed by atoms with Gasteiger partial charge in [-0.15, -0.1) is 0 Å². The number of aromatic nitrogens is 1. The molecule has 2 rings (SSSR count). The van der Waals surface area contributed by atoms with Gasteiger partial charge in [-0.25, -0.2) is 4.98 Å². The Labute approximate surface area is 94.7 Å². The highest BCUT2D eigenvalue weighted by Crippen LogP contribution is 2.21. The topological polar surface area (TPSA) is 48.7 Å². The zero-order chi connectivity index (χ0) is 11.5. The van der Waals surface area contributed by atoms with Crippen molar-refractivity contribution in [1.82, 2.24) is 4.98 Å². The minimum Gasteiger partial charge on any atom is -0.373 e. The van der Waals surface area contributed by atoms with E-state index in [-0.39, 0.29) is 0 Å². The van der Waals surface area contributed by atoms with Gasteiger partial charge in [0.05, 0.1) is 17.1 Å². The number of benzene rings is 1. The summed E-state index contributed by atoms with van der Waals surface area (Å²) in [6, 6.07) is 10.1. The van der Waals surface area contributed by atoms with Gasteiger partial charge in [0.25, 0.3) is 0 Å². The molecular formula is C13H13N3. The van der Waals surface area contributed by atoms with Gasteiger partial charge in [-0.2, -0.15) is 5.26 Å². The van der Waals surface area contributed by atoms with Gasteiger partial charge in [0.1, 0.15) is 5.82 Å². The molecule has 1 aromatic heterocycles. The summed E-state index contributed by atoms with van der Waals surface area (Å²) in [6.07, 6.45) is 0.967. The number of nitrogens with zero attached hydrogens (tertiary/aromatic N) is 2.